The molecule has 0 aliphatic carbocycles. The molecule has 0 bridgehead atoms. The summed E-state index contributed by atoms with van der Waals surface area (Å²) in [6.07, 6.45) is 1.16. The Morgan fingerprint density at radius 1 is 0.950 bits per heavy atom. The van der Waals surface area contributed by atoms with Crippen LogP contribution in [0.15, 0.2) is 48.5 Å². The van der Waals surface area contributed by atoms with Gasteiger partial charge in [-0.15, -0.1) is 0 Å². The first kappa shape index (κ1) is 14.4. The molecule has 106 valence electrons. The van der Waals surface area contributed by atoms with Crippen molar-refractivity contribution in [2.24, 2.45) is 0 Å². The topological polar surface area (TPSA) is 21.3 Å². The van der Waals surface area contributed by atoms with E-state index in [1.54, 1.807) is 0 Å². The monoisotopic (exact) mass is 269 g/mol. The summed E-state index contributed by atoms with van der Waals surface area (Å²) in [5, 5.41) is 3.53. The first-order valence-electron chi connectivity index (χ1n) is 7.22. The van der Waals surface area contributed by atoms with E-state index >= 15 is 0 Å². The second kappa shape index (κ2) is 6.99. The molecular formula is C18H23NO. The highest BCUT2D eigenvalue weighted by molar-refractivity contribution is 5.56. The molecule has 0 heterocycles. The SMILES string of the molecule is CCC(CNc1c(C)cccc1C)Oc1ccccc1. The molecule has 0 radical (unpaired) electrons. The molecule has 2 aromatic carbocycles. The van der Waals surface area contributed by atoms with Crippen LogP contribution in [-0.4, -0.2) is 12.6 Å². The van der Waals surface area contributed by atoms with Crippen LogP contribution in [0.5, 0.6) is 5.75 Å². The van der Waals surface area contributed by atoms with Crippen molar-refractivity contribution in [3.05, 3.63) is 59.7 Å². The second-order valence-corrected chi connectivity index (χ2v) is 5.11. The van der Waals surface area contributed by atoms with Gasteiger partial charge in [-0.1, -0.05) is 43.3 Å². The van der Waals surface area contributed by atoms with Gasteiger partial charge in [-0.25, -0.2) is 0 Å². The highest BCUT2D eigenvalue weighted by Gasteiger charge is 2.09. The van der Waals surface area contributed by atoms with Gasteiger partial charge in [0.1, 0.15) is 11.9 Å². The van der Waals surface area contributed by atoms with Crippen LogP contribution in [0.25, 0.3) is 0 Å². The number of ether oxygens (including phenoxy) is 1. The molecule has 0 aliphatic heterocycles. The predicted molar refractivity (Wildman–Crippen MR) is 85.6 cm³/mol. The fourth-order valence-electron chi connectivity index (χ4n) is 2.27. The van der Waals surface area contributed by atoms with Gasteiger partial charge in [0.2, 0.25) is 0 Å². The summed E-state index contributed by atoms with van der Waals surface area (Å²) in [5.74, 6) is 0.933. The highest BCUT2D eigenvalue weighted by atomic mass is 16.5. The summed E-state index contributed by atoms with van der Waals surface area (Å²) in [6.45, 7) is 7.24. The van der Waals surface area contributed by atoms with Gasteiger partial charge in [0.05, 0.1) is 6.54 Å². The molecule has 2 rings (SSSR count). The fourth-order valence-corrected chi connectivity index (χ4v) is 2.27. The third-order valence-corrected chi connectivity index (χ3v) is 3.49. The molecule has 1 atom stereocenters. The van der Waals surface area contributed by atoms with Crippen molar-refractivity contribution < 1.29 is 4.74 Å². The summed E-state index contributed by atoms with van der Waals surface area (Å²) < 4.78 is 6.00. The van der Waals surface area contributed by atoms with Gasteiger partial charge in [-0.05, 0) is 43.5 Å². The van der Waals surface area contributed by atoms with E-state index in [1.165, 1.54) is 16.8 Å². The Kier molecular flexibility index (Phi) is 5.05. The maximum absolute atomic E-state index is 6.00. The van der Waals surface area contributed by atoms with Crippen LogP contribution in [0, 0.1) is 13.8 Å². The molecule has 1 N–H and O–H groups in total. The summed E-state index contributed by atoms with van der Waals surface area (Å²) in [7, 11) is 0. The van der Waals surface area contributed by atoms with Gasteiger partial charge < -0.3 is 10.1 Å². The lowest BCUT2D eigenvalue weighted by molar-refractivity contribution is 0.210. The molecule has 0 fully saturated rings. The third-order valence-electron chi connectivity index (χ3n) is 3.49. The van der Waals surface area contributed by atoms with Gasteiger partial charge in [0, 0.05) is 5.69 Å². The smallest absolute Gasteiger partial charge is 0.119 e. The van der Waals surface area contributed by atoms with Crippen molar-refractivity contribution >= 4 is 5.69 Å². The second-order valence-electron chi connectivity index (χ2n) is 5.11. The number of para-hydroxylation sites is 2. The molecule has 0 aromatic heterocycles. The Bertz CT molecular complexity index is 516. The molecular weight excluding hydrogens is 246 g/mol. The Balaban J connectivity index is 1.97. The quantitative estimate of drug-likeness (QED) is 0.829. The van der Waals surface area contributed by atoms with Crippen LogP contribution < -0.4 is 10.1 Å². The number of anilines is 1. The van der Waals surface area contributed by atoms with E-state index in [2.05, 4.69) is 44.3 Å². The van der Waals surface area contributed by atoms with E-state index in [9.17, 15) is 0 Å². The van der Waals surface area contributed by atoms with Crippen LogP contribution in [0.4, 0.5) is 5.69 Å². The molecule has 20 heavy (non-hydrogen) atoms. The number of nitrogens with one attached hydrogen (secondary N) is 1. The average Bonchev–Trinajstić information content (AvgIpc) is 2.46. The predicted octanol–water partition coefficient (Wildman–Crippen LogP) is 4.57. The molecule has 2 nitrogen and oxygen atoms in total. The van der Waals surface area contributed by atoms with Crippen LogP contribution in [0.3, 0.4) is 0 Å². The molecule has 0 saturated carbocycles. The van der Waals surface area contributed by atoms with Crippen molar-refractivity contribution in [2.45, 2.75) is 33.3 Å². The summed E-state index contributed by atoms with van der Waals surface area (Å²) >= 11 is 0. The van der Waals surface area contributed by atoms with Crippen LogP contribution in [0.1, 0.15) is 24.5 Å². The third kappa shape index (κ3) is 3.77. The Morgan fingerprint density at radius 3 is 2.20 bits per heavy atom. The lowest BCUT2D eigenvalue weighted by atomic mass is 10.1. The minimum absolute atomic E-state index is 0.177. The minimum Gasteiger partial charge on any atom is -0.489 e. The van der Waals surface area contributed by atoms with E-state index in [0.29, 0.717) is 0 Å². The number of benzene rings is 2. The van der Waals surface area contributed by atoms with Crippen LogP contribution in [-0.2, 0) is 0 Å². The van der Waals surface area contributed by atoms with Gasteiger partial charge >= 0.3 is 0 Å². The van der Waals surface area contributed by atoms with E-state index < -0.39 is 0 Å². The molecule has 0 amide bonds. The number of hydrogen-bond donors (Lipinski definition) is 1. The van der Waals surface area contributed by atoms with Gasteiger partial charge in [0.15, 0.2) is 0 Å². The van der Waals surface area contributed by atoms with Crippen molar-refractivity contribution in [1.82, 2.24) is 0 Å². The van der Waals surface area contributed by atoms with E-state index in [4.69, 9.17) is 4.74 Å². The van der Waals surface area contributed by atoms with Crippen molar-refractivity contribution in [2.75, 3.05) is 11.9 Å². The zero-order chi connectivity index (χ0) is 14.4. The van der Waals surface area contributed by atoms with Crippen molar-refractivity contribution in [3.8, 4) is 5.75 Å². The van der Waals surface area contributed by atoms with Crippen LogP contribution >= 0.6 is 0 Å². The zero-order valence-electron chi connectivity index (χ0n) is 12.5. The Hall–Kier alpha value is -1.96. The fraction of sp³-hybridized carbons (Fsp3) is 0.333. The largest absolute Gasteiger partial charge is 0.489 e. The highest BCUT2D eigenvalue weighted by Crippen LogP contribution is 2.20. The first-order valence-corrected chi connectivity index (χ1v) is 7.22. The maximum atomic E-state index is 6.00. The van der Waals surface area contributed by atoms with E-state index in [-0.39, 0.29) is 6.10 Å². The Labute approximate surface area is 121 Å². The number of rotatable bonds is 6. The molecule has 2 heteroatoms. The maximum Gasteiger partial charge on any atom is 0.119 e. The van der Waals surface area contributed by atoms with Gasteiger partial charge in [-0.3, -0.25) is 0 Å². The minimum atomic E-state index is 0.177. The lowest BCUT2D eigenvalue weighted by Crippen LogP contribution is -2.25. The standard InChI is InChI=1S/C18H23NO/c1-4-16(20-17-11-6-5-7-12-17)13-19-18-14(2)9-8-10-15(18)3/h5-12,16,19H,4,13H2,1-3H3. The number of aryl methyl sites for hydroxylation is 2. The van der Waals surface area contributed by atoms with Gasteiger partial charge in [0.25, 0.3) is 0 Å². The zero-order valence-corrected chi connectivity index (χ0v) is 12.5. The molecule has 0 aliphatic rings. The normalized spacial score (nSPS) is 11.9. The molecule has 0 spiro atoms. The summed E-state index contributed by atoms with van der Waals surface area (Å²) in [5.41, 5.74) is 3.78. The lowest BCUT2D eigenvalue weighted by Gasteiger charge is -2.20. The first-order chi connectivity index (χ1) is 9.70. The van der Waals surface area contributed by atoms with E-state index in [1.807, 2.05) is 30.3 Å². The molecule has 2 aromatic rings. The van der Waals surface area contributed by atoms with Crippen molar-refractivity contribution in [1.29, 1.82) is 0 Å². The Morgan fingerprint density at radius 2 is 1.60 bits per heavy atom. The average molecular weight is 269 g/mol. The molecule has 1 unspecified atom stereocenters. The van der Waals surface area contributed by atoms with Gasteiger partial charge in [-0.2, -0.15) is 0 Å². The van der Waals surface area contributed by atoms with E-state index in [0.717, 1.165) is 18.7 Å². The van der Waals surface area contributed by atoms with Crippen LogP contribution in [0.2, 0.25) is 0 Å². The summed E-state index contributed by atoms with van der Waals surface area (Å²) in [4.78, 5) is 0. The summed E-state index contributed by atoms with van der Waals surface area (Å²) in [6, 6.07) is 16.4. The van der Waals surface area contributed by atoms with Crippen molar-refractivity contribution in [3.63, 3.8) is 0 Å². The number of hydrogen-bond acceptors (Lipinski definition) is 2. The molecule has 0 saturated heterocycles.